The van der Waals surface area contributed by atoms with Crippen LogP contribution in [0.3, 0.4) is 0 Å². The normalized spacial score (nSPS) is 15.8. The summed E-state index contributed by atoms with van der Waals surface area (Å²) in [4.78, 5) is 16.4. The number of hydrogen-bond acceptors (Lipinski definition) is 2. The SMILES string of the molecule is O=C(NCc1ccc2ccccc2n1)NC1CCCCC1. The minimum Gasteiger partial charge on any atom is -0.335 e. The van der Waals surface area contributed by atoms with E-state index in [1.54, 1.807) is 0 Å². The predicted molar refractivity (Wildman–Crippen MR) is 84.0 cm³/mol. The van der Waals surface area contributed by atoms with Crippen LogP contribution in [0.25, 0.3) is 10.9 Å². The van der Waals surface area contributed by atoms with Crippen LogP contribution in [0.5, 0.6) is 0 Å². The maximum Gasteiger partial charge on any atom is 0.315 e. The third-order valence-electron chi connectivity index (χ3n) is 4.03. The monoisotopic (exact) mass is 283 g/mol. The van der Waals surface area contributed by atoms with Crippen molar-refractivity contribution in [2.45, 2.75) is 44.7 Å². The molecule has 0 aliphatic heterocycles. The van der Waals surface area contributed by atoms with Gasteiger partial charge in [-0.2, -0.15) is 0 Å². The topological polar surface area (TPSA) is 54.0 Å². The van der Waals surface area contributed by atoms with E-state index >= 15 is 0 Å². The lowest BCUT2D eigenvalue weighted by atomic mass is 9.96. The second-order valence-electron chi connectivity index (χ2n) is 5.66. The summed E-state index contributed by atoms with van der Waals surface area (Å²) < 4.78 is 0. The second-order valence-corrected chi connectivity index (χ2v) is 5.66. The number of nitrogens with zero attached hydrogens (tertiary/aromatic N) is 1. The molecule has 4 nitrogen and oxygen atoms in total. The van der Waals surface area contributed by atoms with Gasteiger partial charge in [0, 0.05) is 11.4 Å². The van der Waals surface area contributed by atoms with Gasteiger partial charge < -0.3 is 10.6 Å². The van der Waals surface area contributed by atoms with Gasteiger partial charge >= 0.3 is 6.03 Å². The molecule has 0 saturated heterocycles. The molecule has 1 fully saturated rings. The Morgan fingerprint density at radius 2 is 1.90 bits per heavy atom. The molecule has 2 aromatic rings. The van der Waals surface area contributed by atoms with Gasteiger partial charge in [-0.05, 0) is 25.0 Å². The van der Waals surface area contributed by atoms with Crippen LogP contribution in [-0.2, 0) is 6.54 Å². The fraction of sp³-hybridized carbons (Fsp3) is 0.412. The second kappa shape index (κ2) is 6.57. The van der Waals surface area contributed by atoms with Crippen molar-refractivity contribution in [1.82, 2.24) is 15.6 Å². The van der Waals surface area contributed by atoms with E-state index in [-0.39, 0.29) is 6.03 Å². The Bertz CT molecular complexity index is 620. The Balaban J connectivity index is 1.54. The Morgan fingerprint density at radius 3 is 2.76 bits per heavy atom. The highest BCUT2D eigenvalue weighted by Crippen LogP contribution is 2.17. The molecule has 1 aromatic carbocycles. The minimum atomic E-state index is -0.0862. The average Bonchev–Trinajstić information content (AvgIpc) is 2.54. The summed E-state index contributed by atoms with van der Waals surface area (Å²) in [6.07, 6.45) is 5.93. The highest BCUT2D eigenvalue weighted by atomic mass is 16.2. The number of carbonyl (C=O) groups is 1. The van der Waals surface area contributed by atoms with Crippen molar-refractivity contribution < 1.29 is 4.79 Å². The van der Waals surface area contributed by atoms with E-state index in [4.69, 9.17) is 0 Å². The maximum absolute atomic E-state index is 11.9. The number of para-hydroxylation sites is 1. The molecule has 0 bridgehead atoms. The zero-order valence-electron chi connectivity index (χ0n) is 12.1. The lowest BCUT2D eigenvalue weighted by Crippen LogP contribution is -2.42. The molecule has 0 unspecified atom stereocenters. The number of aromatic nitrogens is 1. The van der Waals surface area contributed by atoms with E-state index in [1.807, 2.05) is 36.4 Å². The zero-order valence-corrected chi connectivity index (χ0v) is 12.1. The largest absolute Gasteiger partial charge is 0.335 e. The van der Waals surface area contributed by atoms with Crippen molar-refractivity contribution in [2.24, 2.45) is 0 Å². The number of benzene rings is 1. The van der Waals surface area contributed by atoms with E-state index in [2.05, 4.69) is 15.6 Å². The molecule has 1 aromatic heterocycles. The van der Waals surface area contributed by atoms with Crippen molar-refractivity contribution >= 4 is 16.9 Å². The summed E-state index contributed by atoms with van der Waals surface area (Å²) in [5.41, 5.74) is 1.84. The molecule has 1 aliphatic rings. The lowest BCUT2D eigenvalue weighted by Gasteiger charge is -2.22. The zero-order chi connectivity index (χ0) is 14.5. The molecule has 21 heavy (non-hydrogen) atoms. The van der Waals surface area contributed by atoms with Gasteiger partial charge in [0.1, 0.15) is 0 Å². The highest BCUT2D eigenvalue weighted by molar-refractivity contribution is 5.78. The van der Waals surface area contributed by atoms with Gasteiger partial charge in [0.2, 0.25) is 0 Å². The molecular formula is C17H21N3O. The average molecular weight is 283 g/mol. The van der Waals surface area contributed by atoms with Crippen LogP contribution in [0.2, 0.25) is 0 Å². The van der Waals surface area contributed by atoms with E-state index in [1.165, 1.54) is 19.3 Å². The first-order valence-corrected chi connectivity index (χ1v) is 7.70. The third-order valence-corrected chi connectivity index (χ3v) is 4.03. The Labute approximate surface area is 125 Å². The first kappa shape index (κ1) is 13.9. The smallest absolute Gasteiger partial charge is 0.315 e. The van der Waals surface area contributed by atoms with Gasteiger partial charge in [0.25, 0.3) is 0 Å². The number of pyridine rings is 1. The van der Waals surface area contributed by atoms with Crippen molar-refractivity contribution in [2.75, 3.05) is 0 Å². The molecule has 2 N–H and O–H groups in total. The molecule has 3 rings (SSSR count). The van der Waals surface area contributed by atoms with Crippen LogP contribution >= 0.6 is 0 Å². The van der Waals surface area contributed by atoms with E-state index in [0.717, 1.165) is 29.4 Å². The van der Waals surface area contributed by atoms with Crippen molar-refractivity contribution in [3.8, 4) is 0 Å². The van der Waals surface area contributed by atoms with Crippen molar-refractivity contribution in [3.63, 3.8) is 0 Å². The van der Waals surface area contributed by atoms with E-state index in [9.17, 15) is 4.79 Å². The van der Waals surface area contributed by atoms with Crippen LogP contribution in [0, 0.1) is 0 Å². The maximum atomic E-state index is 11.9. The van der Waals surface area contributed by atoms with E-state index < -0.39 is 0 Å². The number of carbonyl (C=O) groups excluding carboxylic acids is 1. The number of urea groups is 1. The van der Waals surface area contributed by atoms with Gasteiger partial charge in [0.05, 0.1) is 17.8 Å². The molecule has 0 radical (unpaired) electrons. The summed E-state index contributed by atoms with van der Waals surface area (Å²) in [7, 11) is 0. The van der Waals surface area contributed by atoms with Gasteiger partial charge in [-0.25, -0.2) is 4.79 Å². The van der Waals surface area contributed by atoms with Crippen molar-refractivity contribution in [3.05, 3.63) is 42.1 Å². The van der Waals surface area contributed by atoms with Crippen molar-refractivity contribution in [1.29, 1.82) is 0 Å². The van der Waals surface area contributed by atoms with Crippen LogP contribution in [0.4, 0.5) is 4.79 Å². The summed E-state index contributed by atoms with van der Waals surface area (Å²) in [6.45, 7) is 0.462. The summed E-state index contributed by atoms with van der Waals surface area (Å²) in [5.74, 6) is 0. The summed E-state index contributed by atoms with van der Waals surface area (Å²) in [6, 6.07) is 12.2. The molecule has 0 atom stereocenters. The standard InChI is InChI=1S/C17H21N3O/c21-17(20-14-7-2-1-3-8-14)18-12-15-11-10-13-6-4-5-9-16(13)19-15/h4-6,9-11,14H,1-3,7-8,12H2,(H2,18,20,21). The van der Waals surface area contributed by atoms with Crippen LogP contribution in [0.1, 0.15) is 37.8 Å². The number of rotatable bonds is 3. The molecule has 4 heteroatoms. The number of hydrogen-bond donors (Lipinski definition) is 2. The number of nitrogens with one attached hydrogen (secondary N) is 2. The lowest BCUT2D eigenvalue weighted by molar-refractivity contribution is 0.232. The van der Waals surface area contributed by atoms with Gasteiger partial charge in [-0.1, -0.05) is 43.5 Å². The first-order chi connectivity index (χ1) is 10.3. The van der Waals surface area contributed by atoms with Crippen LogP contribution in [-0.4, -0.2) is 17.1 Å². The van der Waals surface area contributed by atoms with Gasteiger partial charge in [0.15, 0.2) is 0 Å². The van der Waals surface area contributed by atoms with E-state index in [0.29, 0.717) is 12.6 Å². The molecule has 110 valence electrons. The Morgan fingerprint density at radius 1 is 1.10 bits per heavy atom. The molecule has 0 spiro atoms. The first-order valence-electron chi connectivity index (χ1n) is 7.70. The third kappa shape index (κ3) is 3.72. The van der Waals surface area contributed by atoms with Gasteiger partial charge in [-0.3, -0.25) is 4.98 Å². The van der Waals surface area contributed by atoms with Crippen LogP contribution in [0.15, 0.2) is 36.4 Å². The molecule has 1 saturated carbocycles. The molecule has 2 amide bonds. The number of amides is 2. The predicted octanol–water partition coefficient (Wildman–Crippen LogP) is 3.37. The Kier molecular flexibility index (Phi) is 4.34. The fourth-order valence-electron chi connectivity index (χ4n) is 2.86. The summed E-state index contributed by atoms with van der Waals surface area (Å²) >= 11 is 0. The van der Waals surface area contributed by atoms with Crippen LogP contribution < -0.4 is 10.6 Å². The quantitative estimate of drug-likeness (QED) is 0.907. The molecule has 1 heterocycles. The molecular weight excluding hydrogens is 262 g/mol. The fourth-order valence-corrected chi connectivity index (χ4v) is 2.86. The molecule has 1 aliphatic carbocycles. The highest BCUT2D eigenvalue weighted by Gasteiger charge is 2.15. The minimum absolute atomic E-state index is 0.0862. The number of fused-ring (bicyclic) bond motifs is 1. The Hall–Kier alpha value is -2.10. The summed E-state index contributed by atoms with van der Waals surface area (Å²) in [5, 5.41) is 7.07. The van der Waals surface area contributed by atoms with Gasteiger partial charge in [-0.15, -0.1) is 0 Å².